The molecule has 19 heavy (non-hydrogen) atoms. The van der Waals surface area contributed by atoms with Gasteiger partial charge in [0.05, 0.1) is 11.5 Å². The van der Waals surface area contributed by atoms with Crippen molar-refractivity contribution in [3.05, 3.63) is 23.9 Å². The predicted molar refractivity (Wildman–Crippen MR) is 73.0 cm³/mol. The summed E-state index contributed by atoms with van der Waals surface area (Å²) < 4.78 is 24.4. The van der Waals surface area contributed by atoms with Crippen molar-refractivity contribution < 1.29 is 8.42 Å². The summed E-state index contributed by atoms with van der Waals surface area (Å²) in [5, 5.41) is 7.42. The Bertz CT molecular complexity index is 708. The van der Waals surface area contributed by atoms with Gasteiger partial charge in [-0.3, -0.25) is 0 Å². The van der Waals surface area contributed by atoms with Crippen LogP contribution >= 0.6 is 0 Å². The average Bonchev–Trinajstić information content (AvgIpc) is 2.89. The van der Waals surface area contributed by atoms with Crippen molar-refractivity contribution in [2.75, 3.05) is 23.4 Å². The van der Waals surface area contributed by atoms with Gasteiger partial charge >= 0.3 is 0 Å². The van der Waals surface area contributed by atoms with Gasteiger partial charge in [-0.15, -0.1) is 5.10 Å². The lowest BCUT2D eigenvalue weighted by atomic mass is 10.1. The van der Waals surface area contributed by atoms with Crippen LogP contribution in [0.2, 0.25) is 0 Å². The number of rotatable bonds is 3. The van der Waals surface area contributed by atoms with E-state index in [9.17, 15) is 8.42 Å². The molecule has 6 nitrogen and oxygen atoms in total. The minimum atomic E-state index is -2.82. The maximum atomic E-state index is 11.4. The Hall–Kier alpha value is -1.63. The van der Waals surface area contributed by atoms with E-state index in [-0.39, 0.29) is 11.7 Å². The second kappa shape index (κ2) is 4.48. The Balaban J connectivity index is 1.69. The van der Waals surface area contributed by atoms with Crippen LogP contribution in [0, 0.1) is 12.8 Å². The zero-order valence-electron chi connectivity index (χ0n) is 10.7. The van der Waals surface area contributed by atoms with Crippen LogP contribution in [0.5, 0.6) is 0 Å². The molecule has 1 saturated heterocycles. The summed E-state index contributed by atoms with van der Waals surface area (Å²) in [5.74, 6) is 1.29. The molecule has 1 aliphatic heterocycles. The molecule has 7 heteroatoms. The molecule has 0 radical (unpaired) electrons. The van der Waals surface area contributed by atoms with Gasteiger partial charge in [0.25, 0.3) is 0 Å². The van der Waals surface area contributed by atoms with Crippen molar-refractivity contribution in [2.24, 2.45) is 5.92 Å². The highest BCUT2D eigenvalue weighted by molar-refractivity contribution is 7.91. The fourth-order valence-corrected chi connectivity index (χ4v) is 4.19. The quantitative estimate of drug-likeness (QED) is 0.903. The maximum Gasteiger partial charge on any atom is 0.243 e. The molecular formula is C12H16N4O2S. The first-order chi connectivity index (χ1) is 9.02. The second-order valence-corrected chi connectivity index (χ2v) is 7.32. The van der Waals surface area contributed by atoms with Gasteiger partial charge in [-0.1, -0.05) is 0 Å². The number of hydrogen-bond acceptors (Lipinski definition) is 5. The van der Waals surface area contributed by atoms with Gasteiger partial charge in [0.2, 0.25) is 5.95 Å². The highest BCUT2D eigenvalue weighted by Gasteiger charge is 2.27. The Labute approximate surface area is 111 Å². The van der Waals surface area contributed by atoms with E-state index in [0.717, 1.165) is 17.6 Å². The summed E-state index contributed by atoms with van der Waals surface area (Å²) in [7, 11) is -2.82. The summed E-state index contributed by atoms with van der Waals surface area (Å²) in [6, 6.07) is 3.92. The summed E-state index contributed by atoms with van der Waals surface area (Å²) in [4.78, 5) is 4.36. The molecule has 0 bridgehead atoms. The van der Waals surface area contributed by atoms with Crippen molar-refractivity contribution in [3.63, 3.8) is 0 Å². The fraction of sp³-hybridized carbons (Fsp3) is 0.500. The topological polar surface area (TPSA) is 76.4 Å². The lowest BCUT2D eigenvalue weighted by Gasteiger charge is -2.06. The Kier molecular flexibility index (Phi) is 2.93. The predicted octanol–water partition coefficient (Wildman–Crippen LogP) is 0.884. The molecule has 0 spiro atoms. The first kappa shape index (κ1) is 12.4. The zero-order chi connectivity index (χ0) is 13.5. The molecule has 3 rings (SSSR count). The maximum absolute atomic E-state index is 11.4. The van der Waals surface area contributed by atoms with Crippen LogP contribution in [-0.4, -0.2) is 41.1 Å². The van der Waals surface area contributed by atoms with Gasteiger partial charge in [0.15, 0.2) is 15.5 Å². The van der Waals surface area contributed by atoms with E-state index in [0.29, 0.717) is 18.2 Å². The summed E-state index contributed by atoms with van der Waals surface area (Å²) in [6.07, 6.45) is 2.59. The number of sulfone groups is 1. The number of pyridine rings is 1. The lowest BCUT2D eigenvalue weighted by Crippen LogP contribution is -2.16. The van der Waals surface area contributed by atoms with Gasteiger partial charge in [-0.25, -0.2) is 12.9 Å². The summed E-state index contributed by atoms with van der Waals surface area (Å²) >= 11 is 0. The van der Waals surface area contributed by atoms with E-state index >= 15 is 0 Å². The van der Waals surface area contributed by atoms with Crippen molar-refractivity contribution in [2.45, 2.75) is 13.3 Å². The molecule has 102 valence electrons. The van der Waals surface area contributed by atoms with Crippen molar-refractivity contribution >= 4 is 21.4 Å². The molecule has 0 aliphatic carbocycles. The van der Waals surface area contributed by atoms with E-state index in [4.69, 9.17) is 0 Å². The molecular weight excluding hydrogens is 264 g/mol. The Morgan fingerprint density at radius 2 is 2.37 bits per heavy atom. The van der Waals surface area contributed by atoms with Gasteiger partial charge in [-0.05, 0) is 37.0 Å². The largest absolute Gasteiger partial charge is 0.353 e. The number of hydrogen-bond donors (Lipinski definition) is 1. The minimum Gasteiger partial charge on any atom is -0.353 e. The molecule has 2 aromatic heterocycles. The van der Waals surface area contributed by atoms with E-state index < -0.39 is 9.84 Å². The number of nitrogens with zero attached hydrogens (tertiary/aromatic N) is 3. The van der Waals surface area contributed by atoms with Crippen LogP contribution in [0.15, 0.2) is 18.3 Å². The highest BCUT2D eigenvalue weighted by Crippen LogP contribution is 2.18. The highest BCUT2D eigenvalue weighted by atomic mass is 32.2. The number of aryl methyl sites for hydroxylation is 1. The van der Waals surface area contributed by atoms with Gasteiger partial charge in [0.1, 0.15) is 0 Å². The molecule has 1 atom stereocenters. The normalized spacial score (nSPS) is 21.8. The van der Waals surface area contributed by atoms with Crippen LogP contribution in [0.3, 0.4) is 0 Å². The lowest BCUT2D eigenvalue weighted by molar-refractivity contribution is 0.595. The standard InChI is InChI=1S/C12H16N4O2S/c1-9-2-4-16-11(6-9)14-12(15-16)13-7-10-3-5-19(17,18)8-10/h2,4,6,10H,3,5,7-8H2,1H3,(H,13,15). The average molecular weight is 280 g/mol. The van der Waals surface area contributed by atoms with Gasteiger partial charge in [0, 0.05) is 12.7 Å². The zero-order valence-corrected chi connectivity index (χ0v) is 11.5. The monoisotopic (exact) mass is 280 g/mol. The first-order valence-corrected chi connectivity index (χ1v) is 8.11. The van der Waals surface area contributed by atoms with Crippen molar-refractivity contribution in [1.29, 1.82) is 0 Å². The van der Waals surface area contributed by atoms with E-state index in [2.05, 4.69) is 15.4 Å². The summed E-state index contributed by atoms with van der Waals surface area (Å²) in [5.41, 5.74) is 1.93. The van der Waals surface area contributed by atoms with Crippen LogP contribution < -0.4 is 5.32 Å². The van der Waals surface area contributed by atoms with E-state index in [1.165, 1.54) is 0 Å². The first-order valence-electron chi connectivity index (χ1n) is 6.29. The van der Waals surface area contributed by atoms with Crippen LogP contribution in [-0.2, 0) is 9.84 Å². The second-order valence-electron chi connectivity index (χ2n) is 5.09. The molecule has 1 aliphatic rings. The SMILES string of the molecule is Cc1ccn2nc(NCC3CCS(=O)(=O)C3)nc2c1. The molecule has 1 N–H and O–H groups in total. The van der Waals surface area contributed by atoms with Crippen LogP contribution in [0.4, 0.5) is 5.95 Å². The Morgan fingerprint density at radius 1 is 1.53 bits per heavy atom. The molecule has 0 saturated carbocycles. The Morgan fingerprint density at radius 3 is 3.11 bits per heavy atom. The third kappa shape index (κ3) is 2.70. The van der Waals surface area contributed by atoms with Gasteiger partial charge < -0.3 is 5.32 Å². The molecule has 3 heterocycles. The summed E-state index contributed by atoms with van der Waals surface area (Å²) in [6.45, 7) is 2.61. The number of fused-ring (bicyclic) bond motifs is 1. The third-order valence-electron chi connectivity index (χ3n) is 3.37. The third-order valence-corrected chi connectivity index (χ3v) is 5.21. The minimum absolute atomic E-state index is 0.165. The van der Waals surface area contributed by atoms with Crippen LogP contribution in [0.1, 0.15) is 12.0 Å². The number of aromatic nitrogens is 3. The fourth-order valence-electron chi connectivity index (χ4n) is 2.33. The smallest absolute Gasteiger partial charge is 0.243 e. The van der Waals surface area contributed by atoms with Crippen LogP contribution in [0.25, 0.3) is 5.65 Å². The van der Waals surface area contributed by atoms with E-state index in [1.54, 1.807) is 4.52 Å². The number of anilines is 1. The molecule has 1 fully saturated rings. The molecule has 0 aromatic carbocycles. The molecule has 2 aromatic rings. The van der Waals surface area contributed by atoms with Gasteiger partial charge in [-0.2, -0.15) is 4.98 Å². The molecule has 1 unspecified atom stereocenters. The van der Waals surface area contributed by atoms with Crippen molar-refractivity contribution in [3.8, 4) is 0 Å². The number of nitrogens with one attached hydrogen (secondary N) is 1. The molecule has 0 amide bonds. The van der Waals surface area contributed by atoms with E-state index in [1.807, 2.05) is 25.3 Å². The van der Waals surface area contributed by atoms with Crippen molar-refractivity contribution in [1.82, 2.24) is 14.6 Å².